The van der Waals surface area contributed by atoms with Crippen LogP contribution in [0.25, 0.3) is 0 Å². The van der Waals surface area contributed by atoms with Crippen molar-refractivity contribution in [1.82, 2.24) is 4.90 Å². The summed E-state index contributed by atoms with van der Waals surface area (Å²) in [5, 5.41) is 0. The molecule has 29 heavy (non-hydrogen) atoms. The Balaban J connectivity index is 1.46. The van der Waals surface area contributed by atoms with Crippen molar-refractivity contribution in [3.63, 3.8) is 0 Å². The van der Waals surface area contributed by atoms with Crippen LogP contribution in [0.2, 0.25) is 0 Å². The number of amides is 1. The van der Waals surface area contributed by atoms with Crippen LogP contribution < -0.4 is 4.74 Å². The fraction of sp³-hybridized carbons (Fsp3) is 0.542. The molecule has 4 nitrogen and oxygen atoms in total. The summed E-state index contributed by atoms with van der Waals surface area (Å²) < 4.78 is 12.7. The average molecular weight is 460 g/mol. The lowest BCUT2D eigenvalue weighted by atomic mass is 9.88. The molecule has 0 spiro atoms. The molecule has 0 N–H and O–H groups in total. The van der Waals surface area contributed by atoms with Gasteiger partial charge in [-0.25, -0.2) is 0 Å². The maximum atomic E-state index is 13.5. The third-order valence-electron chi connectivity index (χ3n) is 6.25. The first-order valence-electron chi connectivity index (χ1n) is 11.0. The third kappa shape index (κ3) is 5.06. The van der Waals surface area contributed by atoms with Crippen LogP contribution in [-0.4, -0.2) is 22.9 Å². The van der Waals surface area contributed by atoms with Gasteiger partial charge in [-0.3, -0.25) is 4.79 Å². The van der Waals surface area contributed by atoms with E-state index in [1.54, 1.807) is 0 Å². The van der Waals surface area contributed by atoms with Gasteiger partial charge in [0.15, 0.2) is 5.76 Å². The number of carbonyl (C=O) groups is 1. The zero-order chi connectivity index (χ0) is 20.1. The van der Waals surface area contributed by atoms with Gasteiger partial charge in [-0.2, -0.15) is 0 Å². The van der Waals surface area contributed by atoms with Crippen molar-refractivity contribution in [2.24, 2.45) is 0 Å². The molecule has 1 aromatic heterocycles. The summed E-state index contributed by atoms with van der Waals surface area (Å²) in [5.74, 6) is 1.96. The lowest BCUT2D eigenvalue weighted by molar-refractivity contribution is 0.0414. The number of rotatable bonds is 6. The Morgan fingerprint density at radius 2 is 1.55 bits per heavy atom. The molecule has 0 saturated heterocycles. The fourth-order valence-electron chi connectivity index (χ4n) is 4.76. The number of hydrogen-bond acceptors (Lipinski definition) is 3. The van der Waals surface area contributed by atoms with Crippen molar-refractivity contribution < 1.29 is 13.9 Å². The zero-order valence-electron chi connectivity index (χ0n) is 16.9. The van der Waals surface area contributed by atoms with Crippen LogP contribution in [0.4, 0.5) is 0 Å². The maximum absolute atomic E-state index is 13.5. The van der Waals surface area contributed by atoms with Gasteiger partial charge in [-0.05, 0) is 65.9 Å². The van der Waals surface area contributed by atoms with Crippen LogP contribution in [-0.2, 0) is 6.61 Å². The summed E-state index contributed by atoms with van der Waals surface area (Å²) >= 11 is 3.49. The molecule has 0 aliphatic heterocycles. The first-order valence-corrected chi connectivity index (χ1v) is 11.8. The lowest BCUT2D eigenvalue weighted by Crippen LogP contribution is -2.48. The van der Waals surface area contributed by atoms with Gasteiger partial charge in [-0.15, -0.1) is 0 Å². The second-order valence-electron chi connectivity index (χ2n) is 8.28. The van der Waals surface area contributed by atoms with Gasteiger partial charge in [0.05, 0.1) is 4.47 Å². The standard InChI is InChI=1S/C24H30BrNO3/c25-21-13-7-8-14-22(21)28-17-20-15-16-23(29-20)24(27)26(18-9-3-1-4-10-18)19-11-5-2-6-12-19/h7-8,13-16,18-19H,1-6,9-12,17H2. The highest BCUT2D eigenvalue weighted by Gasteiger charge is 2.34. The minimum absolute atomic E-state index is 0.0657. The molecule has 5 heteroatoms. The molecule has 2 aliphatic rings. The molecule has 2 saturated carbocycles. The maximum Gasteiger partial charge on any atom is 0.290 e. The largest absolute Gasteiger partial charge is 0.484 e. The minimum Gasteiger partial charge on any atom is -0.484 e. The monoisotopic (exact) mass is 459 g/mol. The highest BCUT2D eigenvalue weighted by atomic mass is 79.9. The highest BCUT2D eigenvalue weighted by Crippen LogP contribution is 2.32. The topological polar surface area (TPSA) is 42.7 Å². The van der Waals surface area contributed by atoms with Crippen molar-refractivity contribution >= 4 is 21.8 Å². The van der Waals surface area contributed by atoms with Crippen LogP contribution in [0.5, 0.6) is 5.75 Å². The van der Waals surface area contributed by atoms with E-state index in [-0.39, 0.29) is 5.91 Å². The molecular weight excluding hydrogens is 430 g/mol. The second-order valence-corrected chi connectivity index (χ2v) is 9.14. The van der Waals surface area contributed by atoms with Crippen LogP contribution in [0.1, 0.15) is 80.5 Å². The SMILES string of the molecule is O=C(c1ccc(COc2ccccc2Br)o1)N(C1CCCCC1)C1CCCCC1. The molecule has 1 heterocycles. The summed E-state index contributed by atoms with van der Waals surface area (Å²) in [7, 11) is 0. The van der Waals surface area contributed by atoms with Gasteiger partial charge in [0.2, 0.25) is 0 Å². The van der Waals surface area contributed by atoms with E-state index in [1.807, 2.05) is 36.4 Å². The van der Waals surface area contributed by atoms with E-state index in [0.717, 1.165) is 35.9 Å². The first kappa shape index (κ1) is 20.5. The number of hydrogen-bond donors (Lipinski definition) is 0. The summed E-state index contributed by atoms with van der Waals surface area (Å²) in [4.78, 5) is 15.7. The predicted molar refractivity (Wildman–Crippen MR) is 117 cm³/mol. The van der Waals surface area contributed by atoms with E-state index in [9.17, 15) is 4.79 Å². The van der Waals surface area contributed by atoms with E-state index >= 15 is 0 Å². The predicted octanol–water partition coefficient (Wildman–Crippen LogP) is 6.73. The van der Waals surface area contributed by atoms with Crippen LogP contribution in [0, 0.1) is 0 Å². The van der Waals surface area contributed by atoms with Gasteiger partial charge in [0.1, 0.15) is 18.1 Å². The quantitative estimate of drug-likeness (QED) is 0.480. The van der Waals surface area contributed by atoms with Gasteiger partial charge in [0, 0.05) is 12.1 Å². The number of halogens is 1. The van der Waals surface area contributed by atoms with Crippen LogP contribution in [0.3, 0.4) is 0 Å². The fourth-order valence-corrected chi connectivity index (χ4v) is 5.16. The number of carbonyl (C=O) groups excluding carboxylic acids is 1. The Hall–Kier alpha value is -1.75. The molecule has 1 amide bonds. The van der Waals surface area contributed by atoms with Gasteiger partial charge >= 0.3 is 0 Å². The number of ether oxygens (including phenoxy) is 1. The highest BCUT2D eigenvalue weighted by molar-refractivity contribution is 9.10. The van der Waals surface area contributed by atoms with E-state index in [4.69, 9.17) is 9.15 Å². The average Bonchev–Trinajstić information content (AvgIpc) is 3.24. The Morgan fingerprint density at radius 3 is 2.17 bits per heavy atom. The molecule has 1 aromatic carbocycles. The zero-order valence-corrected chi connectivity index (χ0v) is 18.5. The van der Waals surface area contributed by atoms with E-state index in [1.165, 1.54) is 38.5 Å². The third-order valence-corrected chi connectivity index (χ3v) is 6.90. The summed E-state index contributed by atoms with van der Waals surface area (Å²) in [5.41, 5.74) is 0. The molecule has 2 aromatic rings. The Labute approximate surface area is 181 Å². The van der Waals surface area contributed by atoms with Crippen LogP contribution in [0.15, 0.2) is 45.3 Å². The Morgan fingerprint density at radius 1 is 0.931 bits per heavy atom. The summed E-state index contributed by atoms with van der Waals surface area (Å²) in [6.07, 6.45) is 12.0. The van der Waals surface area contributed by atoms with Gasteiger partial charge < -0.3 is 14.1 Å². The first-order chi connectivity index (χ1) is 14.2. The normalized spacial score (nSPS) is 18.5. The lowest BCUT2D eigenvalue weighted by Gasteiger charge is -2.41. The molecular formula is C24H30BrNO3. The number of furan rings is 1. The Kier molecular flexibility index (Phi) is 6.96. The molecule has 2 aliphatic carbocycles. The molecule has 4 rings (SSSR count). The van der Waals surface area contributed by atoms with Crippen molar-refractivity contribution in [3.05, 3.63) is 52.4 Å². The molecule has 0 unspecified atom stereocenters. The van der Waals surface area contributed by atoms with Gasteiger partial charge in [0.25, 0.3) is 5.91 Å². The van der Waals surface area contributed by atoms with Crippen molar-refractivity contribution in [2.75, 3.05) is 0 Å². The number of nitrogens with zero attached hydrogens (tertiary/aromatic N) is 1. The number of benzene rings is 1. The van der Waals surface area contributed by atoms with Crippen molar-refractivity contribution in [3.8, 4) is 5.75 Å². The van der Waals surface area contributed by atoms with Crippen LogP contribution >= 0.6 is 15.9 Å². The Bertz CT molecular complexity index is 788. The summed E-state index contributed by atoms with van der Waals surface area (Å²) in [6, 6.07) is 12.2. The molecule has 0 radical (unpaired) electrons. The molecule has 156 valence electrons. The smallest absolute Gasteiger partial charge is 0.290 e. The number of para-hydroxylation sites is 1. The van der Waals surface area contributed by atoms with Crippen molar-refractivity contribution in [2.45, 2.75) is 82.9 Å². The molecule has 0 bridgehead atoms. The summed E-state index contributed by atoms with van der Waals surface area (Å²) in [6.45, 7) is 0.308. The minimum atomic E-state index is 0.0657. The molecule has 0 atom stereocenters. The molecule has 2 fully saturated rings. The van der Waals surface area contributed by atoms with E-state index < -0.39 is 0 Å². The van der Waals surface area contributed by atoms with Gasteiger partial charge in [-0.1, -0.05) is 50.7 Å². The van der Waals surface area contributed by atoms with Crippen molar-refractivity contribution in [1.29, 1.82) is 0 Å². The van der Waals surface area contributed by atoms with E-state index in [2.05, 4.69) is 20.8 Å². The second kappa shape index (κ2) is 9.84. The van der Waals surface area contributed by atoms with E-state index in [0.29, 0.717) is 30.2 Å².